The van der Waals surface area contributed by atoms with Crippen LogP contribution in [0.15, 0.2) is 0 Å². The van der Waals surface area contributed by atoms with Gasteiger partial charge < -0.3 is 0 Å². The van der Waals surface area contributed by atoms with Crippen molar-refractivity contribution in [3.8, 4) is 0 Å². The van der Waals surface area contributed by atoms with Crippen molar-refractivity contribution in [2.75, 3.05) is 21.1 Å². The Morgan fingerprint density at radius 1 is 1.50 bits per heavy atom. The summed E-state index contributed by atoms with van der Waals surface area (Å²) < 4.78 is 18.5. The Balaban J connectivity index is 3.55. The maximum Gasteiger partial charge on any atom is 0.279 e. The molecule has 0 saturated heterocycles. The van der Waals surface area contributed by atoms with E-state index in [0.717, 1.165) is 0 Å². The van der Waals surface area contributed by atoms with Crippen LogP contribution >= 0.6 is 0 Å². The van der Waals surface area contributed by atoms with Gasteiger partial charge in [-0.25, -0.2) is 8.80 Å². The molecule has 0 bridgehead atoms. The first-order chi connectivity index (χ1) is 3.42. The lowest BCUT2D eigenvalue weighted by Gasteiger charge is -2.20. The van der Waals surface area contributed by atoms with Gasteiger partial charge in [0.2, 0.25) is 0 Å². The van der Waals surface area contributed by atoms with Crippen molar-refractivity contribution in [3.05, 3.63) is 0 Å². The fourth-order valence-corrected chi connectivity index (χ4v) is 0.703. The second-order valence-corrected chi connectivity index (χ2v) is 3.03. The molecular weight excluding hydrogens is 128 g/mol. The number of nitrogens with zero attached hydrogens (tertiary/aromatic N) is 1. The molecule has 0 spiro atoms. The summed E-state index contributed by atoms with van der Waals surface area (Å²) in [6, 6.07) is 0. The molecule has 0 rings (SSSR count). The minimum absolute atomic E-state index is 0.281. The van der Waals surface area contributed by atoms with Crippen molar-refractivity contribution in [3.63, 3.8) is 0 Å². The number of nitrogens with one attached hydrogen (secondary N) is 1. The lowest BCUT2D eigenvalue weighted by molar-refractivity contribution is -0.900. The van der Waals surface area contributed by atoms with Gasteiger partial charge in [-0.05, 0) is 0 Å². The van der Waals surface area contributed by atoms with E-state index >= 15 is 0 Å². The van der Waals surface area contributed by atoms with E-state index in [1.165, 1.54) is 0 Å². The first-order valence-corrected chi connectivity index (χ1v) is 3.23. The molecule has 4 nitrogen and oxygen atoms in total. The van der Waals surface area contributed by atoms with Gasteiger partial charge in [0.05, 0.1) is 21.1 Å². The van der Waals surface area contributed by atoms with Gasteiger partial charge in [-0.2, -0.15) is 0 Å². The summed E-state index contributed by atoms with van der Waals surface area (Å²) in [5.74, 6) is 0. The Morgan fingerprint density at radius 3 is 1.88 bits per heavy atom. The van der Waals surface area contributed by atoms with Gasteiger partial charge in [0, 0.05) is 0 Å². The highest BCUT2D eigenvalue weighted by Crippen LogP contribution is 1.80. The molecule has 5 heteroatoms. The van der Waals surface area contributed by atoms with Crippen molar-refractivity contribution in [2.45, 2.75) is 0 Å². The van der Waals surface area contributed by atoms with Crippen molar-refractivity contribution in [2.24, 2.45) is 0 Å². The highest BCUT2D eigenvalue weighted by atomic mass is 32.2. The SMILES string of the molecule is C[N+](C)(C)NS(=O)O. The maximum absolute atomic E-state index is 10.00. The Hall–Kier alpha value is 0.0300. The normalized spacial score (nSPS) is 16.0. The van der Waals surface area contributed by atoms with E-state index in [0.29, 0.717) is 0 Å². The van der Waals surface area contributed by atoms with Crippen LogP contribution in [0.5, 0.6) is 0 Å². The van der Waals surface area contributed by atoms with E-state index in [9.17, 15) is 4.21 Å². The van der Waals surface area contributed by atoms with Crippen LogP contribution in [-0.4, -0.2) is 34.5 Å². The Kier molecular flexibility index (Phi) is 2.55. The number of hydrogen-bond donors (Lipinski definition) is 2. The van der Waals surface area contributed by atoms with E-state index in [1.807, 2.05) is 0 Å². The van der Waals surface area contributed by atoms with Crippen molar-refractivity contribution >= 4 is 11.3 Å². The molecule has 0 aliphatic carbocycles. The van der Waals surface area contributed by atoms with Crippen molar-refractivity contribution < 1.29 is 13.4 Å². The number of quaternary nitrogens is 1. The zero-order valence-corrected chi connectivity index (χ0v) is 6.03. The van der Waals surface area contributed by atoms with Crippen LogP contribution in [0.2, 0.25) is 0 Å². The molecule has 0 radical (unpaired) electrons. The quantitative estimate of drug-likeness (QED) is 0.303. The Labute approximate surface area is 51.5 Å². The minimum Gasteiger partial charge on any atom is -0.290 e. The molecule has 1 unspecified atom stereocenters. The molecule has 0 aliphatic rings. The molecule has 0 aromatic heterocycles. The first-order valence-electron chi connectivity index (χ1n) is 2.12. The molecule has 0 aliphatic heterocycles. The minimum atomic E-state index is -1.91. The topological polar surface area (TPSA) is 49.3 Å². The van der Waals surface area contributed by atoms with Crippen LogP contribution in [0.3, 0.4) is 0 Å². The average Bonchev–Trinajstić information content (AvgIpc) is 1.21. The third kappa shape index (κ3) is 6.03. The van der Waals surface area contributed by atoms with Crippen LogP contribution in [0, 0.1) is 0 Å². The lowest BCUT2D eigenvalue weighted by Crippen LogP contribution is -2.48. The van der Waals surface area contributed by atoms with E-state index in [-0.39, 0.29) is 4.59 Å². The largest absolute Gasteiger partial charge is 0.290 e. The molecule has 0 amide bonds. The highest BCUT2D eigenvalue weighted by Gasteiger charge is 2.07. The summed E-state index contributed by atoms with van der Waals surface area (Å²) in [4.78, 5) is 2.35. The molecule has 0 aromatic carbocycles. The summed E-state index contributed by atoms with van der Waals surface area (Å²) in [6.07, 6.45) is 0. The molecule has 0 heterocycles. The molecule has 8 heavy (non-hydrogen) atoms. The van der Waals surface area contributed by atoms with Crippen LogP contribution in [0.25, 0.3) is 0 Å². The fourth-order valence-electron chi connectivity index (χ4n) is 0.234. The van der Waals surface area contributed by atoms with E-state index in [2.05, 4.69) is 4.83 Å². The van der Waals surface area contributed by atoms with E-state index in [4.69, 9.17) is 4.55 Å². The maximum atomic E-state index is 10.00. The number of hydrogen-bond acceptors (Lipinski definition) is 1. The van der Waals surface area contributed by atoms with Crippen LogP contribution in [0.4, 0.5) is 0 Å². The summed E-state index contributed by atoms with van der Waals surface area (Å²) in [7, 11) is 5.27. The van der Waals surface area contributed by atoms with Crippen molar-refractivity contribution in [1.29, 1.82) is 0 Å². The first kappa shape index (κ1) is 8.03. The van der Waals surface area contributed by atoms with Gasteiger partial charge in [0.25, 0.3) is 11.3 Å². The van der Waals surface area contributed by atoms with Gasteiger partial charge in [0.1, 0.15) is 0 Å². The molecular formula is C3H11N2O2S+. The highest BCUT2D eigenvalue weighted by molar-refractivity contribution is 7.76. The van der Waals surface area contributed by atoms with Gasteiger partial charge >= 0.3 is 0 Å². The third-order valence-electron chi connectivity index (χ3n) is 0.352. The summed E-state index contributed by atoms with van der Waals surface area (Å²) in [5, 5.41) is 0. The third-order valence-corrected chi connectivity index (χ3v) is 1.06. The van der Waals surface area contributed by atoms with E-state index < -0.39 is 11.3 Å². The molecule has 0 saturated carbocycles. The smallest absolute Gasteiger partial charge is 0.279 e. The van der Waals surface area contributed by atoms with Gasteiger partial charge in [-0.1, -0.05) is 4.83 Å². The van der Waals surface area contributed by atoms with Gasteiger partial charge in [-0.3, -0.25) is 4.55 Å². The fraction of sp³-hybridized carbons (Fsp3) is 1.00. The van der Waals surface area contributed by atoms with Gasteiger partial charge in [0.15, 0.2) is 0 Å². The van der Waals surface area contributed by atoms with E-state index in [1.54, 1.807) is 21.1 Å². The predicted molar refractivity (Wildman–Crippen MR) is 31.9 cm³/mol. The molecule has 0 fully saturated rings. The molecule has 0 aromatic rings. The molecule has 1 atom stereocenters. The Bertz CT molecular complexity index is 97.9. The summed E-state index contributed by atoms with van der Waals surface area (Å²) >= 11 is -1.91. The van der Waals surface area contributed by atoms with Crippen molar-refractivity contribution in [1.82, 2.24) is 4.83 Å². The zero-order valence-electron chi connectivity index (χ0n) is 5.21. The van der Waals surface area contributed by atoms with Crippen LogP contribution in [0.1, 0.15) is 0 Å². The second kappa shape index (κ2) is 2.54. The second-order valence-electron chi connectivity index (χ2n) is 2.35. The molecule has 2 N–H and O–H groups in total. The van der Waals surface area contributed by atoms with Crippen LogP contribution < -0.4 is 4.83 Å². The van der Waals surface area contributed by atoms with Crippen LogP contribution in [-0.2, 0) is 11.3 Å². The van der Waals surface area contributed by atoms with Gasteiger partial charge in [-0.15, -0.1) is 0 Å². The standard InChI is InChI=1S/C3H10N2O2S/c1-5(2,3)4-8(6)7/h4H,1-3H3/p+1. The zero-order chi connectivity index (χ0) is 6.78. The summed E-state index contributed by atoms with van der Waals surface area (Å²) in [6.45, 7) is 0. The number of rotatable bonds is 2. The predicted octanol–water partition coefficient (Wildman–Crippen LogP) is -0.666. The average molecular weight is 139 g/mol. The lowest BCUT2D eigenvalue weighted by atomic mass is 10.9. The summed E-state index contributed by atoms with van der Waals surface area (Å²) in [5.41, 5.74) is 0. The Morgan fingerprint density at radius 2 is 1.88 bits per heavy atom. The molecule has 50 valence electrons. The monoisotopic (exact) mass is 139 g/mol.